The van der Waals surface area contributed by atoms with E-state index in [0.717, 1.165) is 36.6 Å². The maximum absolute atomic E-state index is 11.8. The van der Waals surface area contributed by atoms with Crippen LogP contribution in [0.5, 0.6) is 0 Å². The van der Waals surface area contributed by atoms with Gasteiger partial charge in [0, 0.05) is 19.1 Å². The summed E-state index contributed by atoms with van der Waals surface area (Å²) in [6.45, 7) is 1.57. The summed E-state index contributed by atoms with van der Waals surface area (Å²) >= 11 is 1.67. The number of para-hydroxylation sites is 1. The number of urea groups is 1. The fourth-order valence-electron chi connectivity index (χ4n) is 2.71. The lowest BCUT2D eigenvalue weighted by atomic mass is 10.1. The zero-order chi connectivity index (χ0) is 16.2. The van der Waals surface area contributed by atoms with Crippen LogP contribution in [0.15, 0.2) is 24.3 Å². The van der Waals surface area contributed by atoms with Gasteiger partial charge in [0.2, 0.25) is 5.91 Å². The quantitative estimate of drug-likeness (QED) is 0.778. The van der Waals surface area contributed by atoms with Crippen LogP contribution in [0.25, 0.3) is 10.2 Å². The molecule has 1 fully saturated rings. The number of primary amides is 1. The molecule has 0 saturated carbocycles. The third-order valence-electron chi connectivity index (χ3n) is 3.76. The van der Waals surface area contributed by atoms with Crippen LogP contribution in [0.2, 0.25) is 0 Å². The van der Waals surface area contributed by atoms with Crippen molar-refractivity contribution < 1.29 is 9.59 Å². The Hall–Kier alpha value is -2.35. The summed E-state index contributed by atoms with van der Waals surface area (Å²) in [4.78, 5) is 29.3. The number of rotatable bonds is 4. The largest absolute Gasteiger partial charge is 0.352 e. The average Bonchev–Trinajstić information content (AvgIpc) is 2.97. The monoisotopic (exact) mass is 333 g/mol. The Bertz CT molecular complexity index is 684. The number of hydrogen-bond donors (Lipinski definition) is 3. The van der Waals surface area contributed by atoms with Crippen molar-refractivity contribution in [3.63, 3.8) is 0 Å². The molecule has 1 aliphatic heterocycles. The van der Waals surface area contributed by atoms with E-state index in [4.69, 9.17) is 5.73 Å². The molecule has 3 amide bonds. The highest BCUT2D eigenvalue weighted by atomic mass is 32.1. The molecule has 3 rings (SSSR count). The third kappa shape index (κ3) is 3.89. The second-order valence-corrected chi connectivity index (χ2v) is 6.54. The molecule has 0 radical (unpaired) electrons. The van der Waals surface area contributed by atoms with Crippen LogP contribution in [0.3, 0.4) is 0 Å². The van der Waals surface area contributed by atoms with Gasteiger partial charge >= 0.3 is 6.03 Å². The Kier molecular flexibility index (Phi) is 4.61. The number of anilines is 1. The second-order valence-electron chi connectivity index (χ2n) is 5.53. The Morgan fingerprint density at radius 3 is 3.00 bits per heavy atom. The number of hydrogen-bond acceptors (Lipinski definition) is 5. The predicted molar refractivity (Wildman–Crippen MR) is 90.6 cm³/mol. The number of benzene rings is 1. The molecule has 0 unspecified atom stereocenters. The Morgan fingerprint density at radius 2 is 2.22 bits per heavy atom. The standard InChI is InChI=1S/C15H19N5O2S/c16-14(22)17-8-13(21)18-10-4-3-7-20(9-10)15-19-11-5-1-2-6-12(11)23-15/h1-2,5-6,10H,3-4,7-9H2,(H,18,21)(H3,16,17,22)/t10-/m1/s1. The van der Waals surface area contributed by atoms with Crippen molar-refractivity contribution in [1.29, 1.82) is 0 Å². The fraction of sp³-hybridized carbons (Fsp3) is 0.400. The van der Waals surface area contributed by atoms with Crippen LogP contribution < -0.4 is 21.3 Å². The van der Waals surface area contributed by atoms with Crippen LogP contribution in [0, 0.1) is 0 Å². The average molecular weight is 333 g/mol. The minimum atomic E-state index is -0.695. The van der Waals surface area contributed by atoms with Gasteiger partial charge in [0.25, 0.3) is 0 Å². The number of amides is 3. The summed E-state index contributed by atoms with van der Waals surface area (Å²) in [7, 11) is 0. The van der Waals surface area contributed by atoms with Gasteiger partial charge in [-0.25, -0.2) is 9.78 Å². The van der Waals surface area contributed by atoms with E-state index < -0.39 is 6.03 Å². The van der Waals surface area contributed by atoms with Gasteiger partial charge in [0.05, 0.1) is 16.8 Å². The molecule has 8 heteroatoms. The molecule has 1 atom stereocenters. The molecule has 7 nitrogen and oxygen atoms in total. The van der Waals surface area contributed by atoms with Crippen molar-refractivity contribution in [3.8, 4) is 0 Å². The number of nitrogens with two attached hydrogens (primary N) is 1. The fourth-order valence-corrected chi connectivity index (χ4v) is 3.71. The van der Waals surface area contributed by atoms with Gasteiger partial charge in [0.15, 0.2) is 5.13 Å². The molecule has 2 heterocycles. The highest BCUT2D eigenvalue weighted by Gasteiger charge is 2.23. The summed E-state index contributed by atoms with van der Waals surface area (Å²) in [5.41, 5.74) is 5.97. The number of carbonyl (C=O) groups is 2. The van der Waals surface area contributed by atoms with Gasteiger partial charge in [-0.15, -0.1) is 0 Å². The topological polar surface area (TPSA) is 100 Å². The van der Waals surface area contributed by atoms with Crippen molar-refractivity contribution in [2.24, 2.45) is 5.73 Å². The summed E-state index contributed by atoms with van der Waals surface area (Å²) in [6.07, 6.45) is 1.91. The minimum absolute atomic E-state index is 0.0536. The van der Waals surface area contributed by atoms with Crippen LogP contribution in [0.1, 0.15) is 12.8 Å². The van der Waals surface area contributed by atoms with Crippen molar-refractivity contribution in [3.05, 3.63) is 24.3 Å². The molecule has 0 spiro atoms. The first-order valence-corrected chi connectivity index (χ1v) is 8.36. The summed E-state index contributed by atoms with van der Waals surface area (Å²) < 4.78 is 1.17. The molecule has 0 aliphatic carbocycles. The van der Waals surface area contributed by atoms with Gasteiger partial charge in [-0.1, -0.05) is 23.5 Å². The maximum atomic E-state index is 11.8. The van der Waals surface area contributed by atoms with Crippen LogP contribution >= 0.6 is 11.3 Å². The smallest absolute Gasteiger partial charge is 0.312 e. The molecular formula is C15H19N5O2S. The van der Waals surface area contributed by atoms with E-state index in [1.54, 1.807) is 11.3 Å². The number of thiazole rings is 1. The zero-order valence-electron chi connectivity index (χ0n) is 12.6. The first kappa shape index (κ1) is 15.5. The second kappa shape index (κ2) is 6.82. The normalized spacial score (nSPS) is 17.9. The van der Waals surface area contributed by atoms with Gasteiger partial charge in [-0.05, 0) is 25.0 Å². The van der Waals surface area contributed by atoms with Gasteiger partial charge in [-0.2, -0.15) is 0 Å². The van der Waals surface area contributed by atoms with Crippen molar-refractivity contribution in [2.75, 3.05) is 24.5 Å². The van der Waals surface area contributed by atoms with Crippen molar-refractivity contribution in [2.45, 2.75) is 18.9 Å². The third-order valence-corrected chi connectivity index (χ3v) is 4.86. The zero-order valence-corrected chi connectivity index (χ0v) is 13.4. The van der Waals surface area contributed by atoms with Crippen molar-refractivity contribution in [1.82, 2.24) is 15.6 Å². The van der Waals surface area contributed by atoms with Crippen LogP contribution in [-0.4, -0.2) is 42.6 Å². The first-order chi connectivity index (χ1) is 11.1. The van der Waals surface area contributed by atoms with Gasteiger partial charge < -0.3 is 21.3 Å². The molecule has 1 aromatic heterocycles. The molecule has 2 aromatic rings. The lowest BCUT2D eigenvalue weighted by molar-refractivity contribution is -0.120. The van der Waals surface area contributed by atoms with E-state index in [1.165, 1.54) is 4.70 Å². The molecule has 1 aromatic carbocycles. The SMILES string of the molecule is NC(=O)NCC(=O)N[C@@H]1CCCN(c2nc3ccccc3s2)C1. The highest BCUT2D eigenvalue weighted by Crippen LogP contribution is 2.30. The number of nitrogens with one attached hydrogen (secondary N) is 2. The van der Waals surface area contributed by atoms with E-state index in [9.17, 15) is 9.59 Å². The molecular weight excluding hydrogens is 314 g/mol. The van der Waals surface area contributed by atoms with E-state index >= 15 is 0 Å². The number of carbonyl (C=O) groups excluding carboxylic acids is 2. The molecule has 1 aliphatic rings. The number of fused-ring (bicyclic) bond motifs is 1. The summed E-state index contributed by atoms with van der Waals surface area (Å²) in [5, 5.41) is 6.22. The lowest BCUT2D eigenvalue weighted by Crippen LogP contribution is -2.50. The van der Waals surface area contributed by atoms with Crippen molar-refractivity contribution >= 4 is 38.6 Å². The molecule has 4 N–H and O–H groups in total. The first-order valence-electron chi connectivity index (χ1n) is 7.55. The van der Waals surface area contributed by atoms with Gasteiger partial charge in [-0.3, -0.25) is 4.79 Å². The summed E-state index contributed by atoms with van der Waals surface area (Å²) in [5.74, 6) is -0.222. The number of aromatic nitrogens is 1. The van der Waals surface area contributed by atoms with E-state index in [-0.39, 0.29) is 18.5 Å². The van der Waals surface area contributed by atoms with E-state index in [2.05, 4.69) is 26.6 Å². The lowest BCUT2D eigenvalue weighted by Gasteiger charge is -2.32. The molecule has 23 heavy (non-hydrogen) atoms. The Morgan fingerprint density at radius 1 is 1.39 bits per heavy atom. The number of nitrogens with zero attached hydrogens (tertiary/aromatic N) is 2. The molecule has 1 saturated heterocycles. The van der Waals surface area contributed by atoms with E-state index in [0.29, 0.717) is 0 Å². The van der Waals surface area contributed by atoms with Gasteiger partial charge in [0.1, 0.15) is 0 Å². The molecule has 122 valence electrons. The van der Waals surface area contributed by atoms with Crippen LogP contribution in [-0.2, 0) is 4.79 Å². The maximum Gasteiger partial charge on any atom is 0.312 e. The molecule has 0 bridgehead atoms. The summed E-state index contributed by atoms with van der Waals surface area (Å²) in [6, 6.07) is 7.42. The minimum Gasteiger partial charge on any atom is -0.352 e. The predicted octanol–water partition coefficient (Wildman–Crippen LogP) is 1.05. The Balaban J connectivity index is 1.61. The van der Waals surface area contributed by atoms with E-state index in [1.807, 2.05) is 18.2 Å². The number of piperidine rings is 1. The van der Waals surface area contributed by atoms with Crippen LogP contribution in [0.4, 0.5) is 9.93 Å². The highest BCUT2D eigenvalue weighted by molar-refractivity contribution is 7.22. The Labute approximate surface area is 137 Å².